The molecule has 0 unspecified atom stereocenters. The first-order chi connectivity index (χ1) is 9.06. The van der Waals surface area contributed by atoms with E-state index >= 15 is 0 Å². The Labute approximate surface area is 115 Å². The molecule has 100 valence electrons. The zero-order chi connectivity index (χ0) is 13.8. The Morgan fingerprint density at radius 2 is 1.95 bits per heavy atom. The topological polar surface area (TPSA) is 75.3 Å². The number of thioether (sulfide) groups is 1. The van der Waals surface area contributed by atoms with Crippen molar-refractivity contribution in [2.45, 2.75) is 19.4 Å². The van der Waals surface area contributed by atoms with Crippen LogP contribution in [0.15, 0.2) is 24.3 Å². The van der Waals surface area contributed by atoms with E-state index in [9.17, 15) is 14.4 Å². The summed E-state index contributed by atoms with van der Waals surface area (Å²) in [7, 11) is 0. The summed E-state index contributed by atoms with van der Waals surface area (Å²) in [5.74, 6) is 0.326. The van der Waals surface area contributed by atoms with Crippen molar-refractivity contribution < 1.29 is 14.4 Å². The molecule has 1 heterocycles. The predicted molar refractivity (Wildman–Crippen MR) is 74.1 cm³/mol. The van der Waals surface area contributed by atoms with Crippen LogP contribution in [0.1, 0.15) is 23.7 Å². The first kappa shape index (κ1) is 13.6. The molecule has 2 amide bonds. The summed E-state index contributed by atoms with van der Waals surface area (Å²) >= 11 is 1.25. The lowest BCUT2D eigenvalue weighted by molar-refractivity contribution is -0.114. The van der Waals surface area contributed by atoms with E-state index < -0.39 is 0 Å². The molecule has 0 radical (unpaired) electrons. The molecule has 0 aromatic heterocycles. The summed E-state index contributed by atoms with van der Waals surface area (Å²) in [5, 5.41) is 5.35. The number of benzene rings is 1. The number of carbonyl (C=O) groups excluding carboxylic acids is 3. The lowest BCUT2D eigenvalue weighted by atomic mass is 10.1. The second-order valence-electron chi connectivity index (χ2n) is 4.24. The molecule has 1 aromatic rings. The van der Waals surface area contributed by atoms with Crippen LogP contribution in [-0.2, 0) is 9.59 Å². The quantitative estimate of drug-likeness (QED) is 0.876. The molecule has 1 saturated heterocycles. The lowest BCUT2D eigenvalue weighted by Gasteiger charge is -2.10. The minimum absolute atomic E-state index is 0.0169. The molecule has 0 spiro atoms. The Morgan fingerprint density at radius 3 is 2.47 bits per heavy atom. The molecule has 6 heteroatoms. The maximum Gasteiger partial charge on any atom is 0.251 e. The van der Waals surface area contributed by atoms with E-state index in [0.29, 0.717) is 17.7 Å². The number of amides is 2. The SMILES string of the molecule is CC(=O)Nc1ccc(C(=O)N[C@@H]2CCSC2=O)cc1. The molecule has 1 aromatic carbocycles. The molecule has 0 bridgehead atoms. The summed E-state index contributed by atoms with van der Waals surface area (Å²) in [5.41, 5.74) is 1.11. The van der Waals surface area contributed by atoms with Crippen LogP contribution in [0, 0.1) is 0 Å². The van der Waals surface area contributed by atoms with E-state index in [1.165, 1.54) is 18.7 Å². The summed E-state index contributed by atoms with van der Waals surface area (Å²) in [6, 6.07) is 6.16. The largest absolute Gasteiger partial charge is 0.341 e. The van der Waals surface area contributed by atoms with Gasteiger partial charge in [0.25, 0.3) is 5.91 Å². The second kappa shape index (κ2) is 5.88. The van der Waals surface area contributed by atoms with Crippen molar-refractivity contribution in [1.29, 1.82) is 0 Å². The maximum absolute atomic E-state index is 11.9. The van der Waals surface area contributed by atoms with Gasteiger partial charge in [0.15, 0.2) is 0 Å². The molecule has 1 aliphatic rings. The van der Waals surface area contributed by atoms with E-state index in [4.69, 9.17) is 0 Å². The summed E-state index contributed by atoms with van der Waals surface area (Å²) in [4.78, 5) is 34.2. The fourth-order valence-corrected chi connectivity index (χ4v) is 2.71. The molecular formula is C13H14N2O3S. The predicted octanol–water partition coefficient (Wildman–Crippen LogP) is 1.41. The molecular weight excluding hydrogens is 264 g/mol. The van der Waals surface area contributed by atoms with Gasteiger partial charge in [0.2, 0.25) is 11.0 Å². The average molecular weight is 278 g/mol. The molecule has 1 fully saturated rings. The van der Waals surface area contributed by atoms with Crippen LogP contribution in [-0.4, -0.2) is 28.7 Å². The van der Waals surface area contributed by atoms with Crippen molar-refractivity contribution in [2.75, 3.05) is 11.1 Å². The molecule has 5 nitrogen and oxygen atoms in total. The van der Waals surface area contributed by atoms with Gasteiger partial charge in [-0.3, -0.25) is 14.4 Å². The van der Waals surface area contributed by atoms with Crippen LogP contribution in [0.5, 0.6) is 0 Å². The Morgan fingerprint density at radius 1 is 1.26 bits per heavy atom. The van der Waals surface area contributed by atoms with Crippen LogP contribution in [0.25, 0.3) is 0 Å². The zero-order valence-electron chi connectivity index (χ0n) is 10.4. The minimum atomic E-state index is -0.382. The molecule has 1 atom stereocenters. The molecule has 19 heavy (non-hydrogen) atoms. The Bertz CT molecular complexity index is 513. The van der Waals surface area contributed by atoms with Crippen LogP contribution < -0.4 is 10.6 Å². The smallest absolute Gasteiger partial charge is 0.251 e. The fraction of sp³-hybridized carbons (Fsp3) is 0.308. The Hall–Kier alpha value is -1.82. The van der Waals surface area contributed by atoms with Gasteiger partial charge >= 0.3 is 0 Å². The maximum atomic E-state index is 11.9. The van der Waals surface area contributed by atoms with Crippen molar-refractivity contribution >= 4 is 34.4 Å². The number of anilines is 1. The van der Waals surface area contributed by atoms with Gasteiger partial charge in [0.1, 0.15) is 0 Å². The number of nitrogens with one attached hydrogen (secondary N) is 2. The van der Waals surface area contributed by atoms with E-state index in [-0.39, 0.29) is 23.0 Å². The zero-order valence-corrected chi connectivity index (χ0v) is 11.3. The van der Waals surface area contributed by atoms with Crippen molar-refractivity contribution in [1.82, 2.24) is 5.32 Å². The van der Waals surface area contributed by atoms with Crippen LogP contribution in [0.2, 0.25) is 0 Å². The number of hydrogen-bond donors (Lipinski definition) is 2. The van der Waals surface area contributed by atoms with Crippen molar-refractivity contribution in [3.05, 3.63) is 29.8 Å². The van der Waals surface area contributed by atoms with Gasteiger partial charge in [-0.05, 0) is 30.7 Å². The van der Waals surface area contributed by atoms with Crippen LogP contribution in [0.4, 0.5) is 5.69 Å². The monoisotopic (exact) mass is 278 g/mol. The second-order valence-corrected chi connectivity index (χ2v) is 5.34. The van der Waals surface area contributed by atoms with Gasteiger partial charge in [-0.15, -0.1) is 0 Å². The van der Waals surface area contributed by atoms with Crippen LogP contribution in [0.3, 0.4) is 0 Å². The standard InChI is InChI=1S/C13H14N2O3S/c1-8(16)14-10-4-2-9(3-5-10)12(17)15-11-6-7-19-13(11)18/h2-5,11H,6-7H2,1H3,(H,14,16)(H,15,17)/t11-/m1/s1. The summed E-state index contributed by atoms with van der Waals surface area (Å²) in [6.45, 7) is 1.42. The number of carbonyl (C=O) groups is 3. The van der Waals surface area contributed by atoms with Crippen molar-refractivity contribution in [3.63, 3.8) is 0 Å². The van der Waals surface area contributed by atoms with Gasteiger partial charge in [-0.1, -0.05) is 11.8 Å². The van der Waals surface area contributed by atoms with Crippen molar-refractivity contribution in [2.24, 2.45) is 0 Å². The molecule has 0 saturated carbocycles. The highest BCUT2D eigenvalue weighted by molar-refractivity contribution is 8.14. The Balaban J connectivity index is 1.99. The fourth-order valence-electron chi connectivity index (χ4n) is 1.78. The van der Waals surface area contributed by atoms with E-state index in [1.807, 2.05) is 0 Å². The first-order valence-electron chi connectivity index (χ1n) is 5.91. The normalized spacial score (nSPS) is 18.2. The average Bonchev–Trinajstić information content (AvgIpc) is 2.75. The third-order valence-corrected chi connectivity index (χ3v) is 3.72. The highest BCUT2D eigenvalue weighted by atomic mass is 32.2. The summed E-state index contributed by atoms with van der Waals surface area (Å²) < 4.78 is 0. The third-order valence-electron chi connectivity index (χ3n) is 2.71. The lowest BCUT2D eigenvalue weighted by Crippen LogP contribution is -2.37. The molecule has 2 N–H and O–H groups in total. The van der Waals surface area contributed by atoms with Gasteiger partial charge in [0, 0.05) is 23.9 Å². The highest BCUT2D eigenvalue weighted by Crippen LogP contribution is 2.20. The highest BCUT2D eigenvalue weighted by Gasteiger charge is 2.26. The molecule has 0 aliphatic carbocycles. The Kier molecular flexibility index (Phi) is 4.21. The van der Waals surface area contributed by atoms with E-state index in [2.05, 4.69) is 10.6 Å². The molecule has 1 aliphatic heterocycles. The van der Waals surface area contributed by atoms with Gasteiger partial charge in [-0.25, -0.2) is 0 Å². The van der Waals surface area contributed by atoms with Gasteiger partial charge in [0.05, 0.1) is 6.04 Å². The van der Waals surface area contributed by atoms with Gasteiger partial charge < -0.3 is 10.6 Å². The minimum Gasteiger partial charge on any atom is -0.341 e. The van der Waals surface area contributed by atoms with Crippen molar-refractivity contribution in [3.8, 4) is 0 Å². The number of hydrogen-bond acceptors (Lipinski definition) is 4. The van der Waals surface area contributed by atoms with E-state index in [0.717, 1.165) is 5.75 Å². The number of rotatable bonds is 3. The van der Waals surface area contributed by atoms with Gasteiger partial charge in [-0.2, -0.15) is 0 Å². The van der Waals surface area contributed by atoms with Crippen LogP contribution >= 0.6 is 11.8 Å². The molecule has 2 rings (SSSR count). The first-order valence-corrected chi connectivity index (χ1v) is 6.90. The van der Waals surface area contributed by atoms with E-state index in [1.54, 1.807) is 24.3 Å². The summed E-state index contributed by atoms with van der Waals surface area (Å²) in [6.07, 6.45) is 0.680. The third kappa shape index (κ3) is 3.57.